The van der Waals surface area contributed by atoms with E-state index >= 15 is 0 Å². The fourth-order valence-corrected chi connectivity index (χ4v) is 2.14. The number of ether oxygens (including phenoxy) is 1. The van der Waals surface area contributed by atoms with Crippen LogP contribution in [0.5, 0.6) is 0 Å². The maximum atomic E-state index is 5.09. The molecule has 1 fully saturated rings. The summed E-state index contributed by atoms with van der Waals surface area (Å²) in [7, 11) is 3.67. The molecule has 96 valence electrons. The topological polar surface area (TPSA) is 55.2 Å². The summed E-state index contributed by atoms with van der Waals surface area (Å²) in [4.78, 5) is 2.43. The van der Waals surface area contributed by atoms with Gasteiger partial charge < -0.3 is 10.1 Å². The third kappa shape index (κ3) is 3.49. The Morgan fingerprint density at radius 3 is 3.18 bits per heavy atom. The van der Waals surface area contributed by atoms with E-state index in [0.717, 1.165) is 38.5 Å². The molecule has 6 heteroatoms. The van der Waals surface area contributed by atoms with Gasteiger partial charge in [-0.15, -0.1) is 5.10 Å². The van der Waals surface area contributed by atoms with E-state index in [4.69, 9.17) is 4.74 Å². The lowest BCUT2D eigenvalue weighted by atomic mass is 10.2. The maximum Gasteiger partial charge on any atom is 0.0738 e. The molecule has 0 aliphatic carbocycles. The number of aromatic nitrogens is 3. The summed E-state index contributed by atoms with van der Waals surface area (Å²) in [5.74, 6) is 0. The van der Waals surface area contributed by atoms with Gasteiger partial charge in [0.1, 0.15) is 0 Å². The van der Waals surface area contributed by atoms with E-state index in [1.54, 1.807) is 7.11 Å². The molecule has 6 nitrogen and oxygen atoms in total. The molecule has 0 amide bonds. The third-order valence-corrected chi connectivity index (χ3v) is 3.26. The van der Waals surface area contributed by atoms with Crippen molar-refractivity contribution < 1.29 is 4.74 Å². The number of nitrogens with zero attached hydrogens (tertiary/aromatic N) is 4. The minimum atomic E-state index is 0.571. The Labute approximate surface area is 102 Å². The van der Waals surface area contributed by atoms with E-state index in [9.17, 15) is 0 Å². The normalized spacial score (nSPS) is 21.2. The van der Waals surface area contributed by atoms with Gasteiger partial charge in [0.2, 0.25) is 0 Å². The van der Waals surface area contributed by atoms with Crippen molar-refractivity contribution in [3.05, 3.63) is 11.9 Å². The van der Waals surface area contributed by atoms with E-state index in [2.05, 4.69) is 20.5 Å². The van der Waals surface area contributed by atoms with Crippen LogP contribution < -0.4 is 5.32 Å². The number of rotatable bonds is 6. The summed E-state index contributed by atoms with van der Waals surface area (Å²) in [6.45, 7) is 4.95. The average molecular weight is 239 g/mol. The van der Waals surface area contributed by atoms with Crippen molar-refractivity contribution in [2.24, 2.45) is 7.05 Å². The molecular weight excluding hydrogens is 218 g/mol. The van der Waals surface area contributed by atoms with Crippen LogP contribution in [0.25, 0.3) is 0 Å². The highest BCUT2D eigenvalue weighted by Gasteiger charge is 2.21. The van der Waals surface area contributed by atoms with E-state index in [1.165, 1.54) is 6.42 Å². The largest absolute Gasteiger partial charge is 0.383 e. The zero-order valence-corrected chi connectivity index (χ0v) is 10.6. The molecule has 1 aliphatic heterocycles. The van der Waals surface area contributed by atoms with Gasteiger partial charge in [-0.3, -0.25) is 9.58 Å². The van der Waals surface area contributed by atoms with Crippen molar-refractivity contribution in [1.29, 1.82) is 0 Å². The summed E-state index contributed by atoms with van der Waals surface area (Å²) in [6.07, 6.45) is 3.01. The first kappa shape index (κ1) is 12.5. The van der Waals surface area contributed by atoms with Crippen molar-refractivity contribution in [1.82, 2.24) is 25.2 Å². The van der Waals surface area contributed by atoms with E-state index in [1.807, 2.05) is 17.9 Å². The Morgan fingerprint density at radius 1 is 1.59 bits per heavy atom. The second kappa shape index (κ2) is 6.09. The van der Waals surface area contributed by atoms with Gasteiger partial charge >= 0.3 is 0 Å². The highest BCUT2D eigenvalue weighted by atomic mass is 16.5. The molecule has 1 aromatic rings. The third-order valence-electron chi connectivity index (χ3n) is 3.26. The van der Waals surface area contributed by atoms with Crippen LogP contribution >= 0.6 is 0 Å². The van der Waals surface area contributed by atoms with E-state index < -0.39 is 0 Å². The summed E-state index contributed by atoms with van der Waals surface area (Å²) >= 11 is 0. The Morgan fingerprint density at radius 2 is 2.47 bits per heavy atom. The number of methoxy groups -OCH3 is 1. The highest BCUT2D eigenvalue weighted by Crippen LogP contribution is 2.09. The number of nitrogens with one attached hydrogen (secondary N) is 1. The monoisotopic (exact) mass is 239 g/mol. The molecule has 2 rings (SSSR count). The van der Waals surface area contributed by atoms with Crippen molar-refractivity contribution >= 4 is 0 Å². The fraction of sp³-hybridized carbons (Fsp3) is 0.818. The Kier molecular flexibility index (Phi) is 4.47. The minimum Gasteiger partial charge on any atom is -0.383 e. The molecule has 1 atom stereocenters. The summed E-state index contributed by atoms with van der Waals surface area (Å²) in [5.41, 5.74) is 1.13. The predicted molar refractivity (Wildman–Crippen MR) is 64.6 cm³/mol. The van der Waals surface area contributed by atoms with Gasteiger partial charge in [-0.05, 0) is 13.0 Å². The molecule has 0 bridgehead atoms. The molecule has 1 aromatic heterocycles. The molecule has 1 aliphatic rings. The molecule has 1 saturated heterocycles. The van der Waals surface area contributed by atoms with Gasteiger partial charge in [-0.2, -0.15) is 0 Å². The van der Waals surface area contributed by atoms with Crippen LogP contribution in [-0.2, 0) is 18.3 Å². The first-order valence-corrected chi connectivity index (χ1v) is 6.08. The molecule has 0 spiro atoms. The highest BCUT2D eigenvalue weighted by molar-refractivity contribution is 4.94. The van der Waals surface area contributed by atoms with Gasteiger partial charge in [0.25, 0.3) is 0 Å². The molecule has 0 aromatic carbocycles. The molecule has 2 heterocycles. The van der Waals surface area contributed by atoms with E-state index in [0.29, 0.717) is 6.04 Å². The minimum absolute atomic E-state index is 0.571. The van der Waals surface area contributed by atoms with E-state index in [-0.39, 0.29) is 0 Å². The molecule has 0 saturated carbocycles. The fourth-order valence-electron chi connectivity index (χ4n) is 2.14. The van der Waals surface area contributed by atoms with Crippen LogP contribution in [-0.4, -0.2) is 59.3 Å². The van der Waals surface area contributed by atoms with Crippen LogP contribution in [0.1, 0.15) is 12.1 Å². The molecule has 17 heavy (non-hydrogen) atoms. The van der Waals surface area contributed by atoms with Crippen LogP contribution in [0.15, 0.2) is 6.20 Å². The Balaban J connectivity index is 1.69. The Hall–Kier alpha value is -0.980. The maximum absolute atomic E-state index is 5.09. The lowest BCUT2D eigenvalue weighted by Gasteiger charge is -2.15. The second-order valence-corrected chi connectivity index (χ2v) is 4.51. The SMILES string of the molecule is COCCN1CCC(NCc2cnnn2C)C1. The lowest BCUT2D eigenvalue weighted by molar-refractivity contribution is 0.159. The predicted octanol–water partition coefficient (Wildman–Crippen LogP) is -0.375. The molecular formula is C11H21N5O. The number of aryl methyl sites for hydroxylation is 1. The smallest absolute Gasteiger partial charge is 0.0738 e. The van der Waals surface area contributed by atoms with Gasteiger partial charge in [0.05, 0.1) is 18.5 Å². The number of hydrogen-bond acceptors (Lipinski definition) is 5. The summed E-state index contributed by atoms with van der Waals surface area (Å²) in [6, 6.07) is 0.571. The molecule has 1 unspecified atom stereocenters. The van der Waals surface area contributed by atoms with Crippen molar-refractivity contribution in [3.63, 3.8) is 0 Å². The number of likely N-dealkylation sites (tertiary alicyclic amines) is 1. The summed E-state index contributed by atoms with van der Waals surface area (Å²) < 4.78 is 6.90. The lowest BCUT2D eigenvalue weighted by Crippen LogP contribution is -2.33. The first-order chi connectivity index (χ1) is 8.29. The van der Waals surface area contributed by atoms with Gasteiger partial charge in [-0.1, -0.05) is 5.21 Å². The van der Waals surface area contributed by atoms with Gasteiger partial charge in [0.15, 0.2) is 0 Å². The Bertz CT molecular complexity index is 340. The molecule has 0 radical (unpaired) electrons. The summed E-state index contributed by atoms with van der Waals surface area (Å²) in [5, 5.41) is 11.3. The van der Waals surface area contributed by atoms with Crippen molar-refractivity contribution in [2.75, 3.05) is 33.4 Å². The number of hydrogen-bond donors (Lipinski definition) is 1. The van der Waals surface area contributed by atoms with Crippen LogP contribution in [0, 0.1) is 0 Å². The quantitative estimate of drug-likeness (QED) is 0.734. The van der Waals surface area contributed by atoms with Gasteiger partial charge in [0, 0.05) is 39.8 Å². The zero-order valence-electron chi connectivity index (χ0n) is 10.6. The van der Waals surface area contributed by atoms with Crippen LogP contribution in [0.3, 0.4) is 0 Å². The van der Waals surface area contributed by atoms with Crippen LogP contribution in [0.4, 0.5) is 0 Å². The van der Waals surface area contributed by atoms with Crippen molar-refractivity contribution in [3.8, 4) is 0 Å². The standard InChI is InChI=1S/C11H21N5O/c1-15-11(8-13-14-15)7-12-10-3-4-16(9-10)5-6-17-2/h8,10,12H,3-7,9H2,1-2H3. The van der Waals surface area contributed by atoms with Crippen LogP contribution in [0.2, 0.25) is 0 Å². The van der Waals surface area contributed by atoms with Gasteiger partial charge in [-0.25, -0.2) is 0 Å². The van der Waals surface area contributed by atoms with Crippen molar-refractivity contribution in [2.45, 2.75) is 19.0 Å². The first-order valence-electron chi connectivity index (χ1n) is 6.08. The second-order valence-electron chi connectivity index (χ2n) is 4.51. The molecule has 1 N–H and O–H groups in total. The zero-order chi connectivity index (χ0) is 12.1. The average Bonchev–Trinajstić information content (AvgIpc) is 2.93.